The molecule has 0 saturated heterocycles. The van der Waals surface area contributed by atoms with Crippen LogP contribution in [0.3, 0.4) is 0 Å². The Labute approximate surface area is 67.1 Å². The van der Waals surface area contributed by atoms with E-state index in [0.29, 0.717) is 0 Å². The van der Waals surface area contributed by atoms with Gasteiger partial charge >= 0.3 is 29.6 Å². The van der Waals surface area contributed by atoms with Crippen molar-refractivity contribution in [1.82, 2.24) is 0 Å². The van der Waals surface area contributed by atoms with E-state index >= 15 is 0 Å². The Balaban J connectivity index is 0. The second kappa shape index (κ2) is 20.7. The van der Waals surface area contributed by atoms with E-state index in [1.54, 1.807) is 0 Å². The van der Waals surface area contributed by atoms with Crippen LogP contribution in [0.1, 0.15) is 0 Å². The van der Waals surface area contributed by atoms with Crippen molar-refractivity contribution in [2.75, 3.05) is 0 Å². The van der Waals surface area contributed by atoms with Crippen LogP contribution in [0.5, 0.6) is 0 Å². The van der Waals surface area contributed by atoms with Gasteiger partial charge in [-0.15, -0.1) is 12.4 Å². The molecular weight excluding hydrogens is 96.2 g/mol. The Morgan fingerprint density at radius 2 is 1.00 bits per heavy atom. The normalized spacial score (nSPS) is 0. The van der Waals surface area contributed by atoms with Crippen molar-refractivity contribution >= 4 is 67.7 Å². The topological polar surface area (TPSA) is 0 Å². The van der Waals surface area contributed by atoms with Crippen LogP contribution in [0, 0.1) is 0 Å². The van der Waals surface area contributed by atoms with Crippen LogP contribution >= 0.6 is 12.4 Å². The molecule has 0 radical (unpaired) electrons. The molecular formula is H9AlBClNa-. The molecule has 0 unspecified atom stereocenters. The van der Waals surface area contributed by atoms with Gasteiger partial charge < -0.3 is 0 Å². The van der Waals surface area contributed by atoms with Gasteiger partial charge in [-0.25, -0.2) is 0 Å². The molecule has 0 spiro atoms. The van der Waals surface area contributed by atoms with Gasteiger partial charge in [0.25, 0.3) is 0 Å². The molecule has 0 nitrogen and oxygen atoms in total. The van der Waals surface area contributed by atoms with Gasteiger partial charge in [0.1, 0.15) is 0 Å². The van der Waals surface area contributed by atoms with Crippen LogP contribution in [0.15, 0.2) is 0 Å². The first-order valence-corrected chi connectivity index (χ1v) is 0. The van der Waals surface area contributed by atoms with E-state index in [2.05, 4.69) is 0 Å². The Hall–Kier alpha value is 1.89. The van der Waals surface area contributed by atoms with Gasteiger partial charge in [0, 0.05) is 0 Å². The molecule has 0 heterocycles. The van der Waals surface area contributed by atoms with Crippen LogP contribution in [-0.4, -0.2) is 55.3 Å². The maximum absolute atomic E-state index is 0. The zero-order valence-electron chi connectivity index (χ0n) is 0.408. The number of hydrogen-bond donors (Lipinski definition) is 0. The first-order chi connectivity index (χ1) is 0. The van der Waals surface area contributed by atoms with Crippen LogP contribution in [-0.2, 0) is 0 Å². The molecule has 0 amide bonds. The molecule has 0 aromatic heterocycles. The molecule has 4 heavy (non-hydrogen) atoms. The first-order valence-electron chi connectivity index (χ1n) is 0. The summed E-state index contributed by atoms with van der Waals surface area (Å²) in [4.78, 5) is 0. The number of hydrogen-bond acceptors (Lipinski definition) is 0. The molecule has 0 aromatic carbocycles. The molecule has 0 atom stereocenters. The second-order valence-electron chi connectivity index (χ2n) is 0. The summed E-state index contributed by atoms with van der Waals surface area (Å²) in [5, 5.41) is 0. The molecule has 0 saturated carbocycles. The molecule has 0 aliphatic carbocycles. The summed E-state index contributed by atoms with van der Waals surface area (Å²) in [6.07, 6.45) is 0. The number of rotatable bonds is 0. The summed E-state index contributed by atoms with van der Waals surface area (Å²) in [6, 6.07) is 0. The van der Waals surface area contributed by atoms with Crippen LogP contribution < -0.4 is 0 Å². The fraction of sp³-hybridized carbons (Fsp3) is 0. The Kier molecular flexibility index (Phi) is 205. The van der Waals surface area contributed by atoms with Crippen molar-refractivity contribution in [3.63, 3.8) is 0 Å². The zero-order chi connectivity index (χ0) is 0. The monoisotopic (exact) mass is 105 g/mol. The molecule has 0 N–H and O–H groups in total. The molecule has 0 aliphatic heterocycles. The van der Waals surface area contributed by atoms with Crippen molar-refractivity contribution in [3.8, 4) is 0 Å². The average molecular weight is 105 g/mol. The van der Waals surface area contributed by atoms with Crippen molar-refractivity contribution < 1.29 is 0 Å². The van der Waals surface area contributed by atoms with E-state index in [-0.39, 0.29) is 67.7 Å². The van der Waals surface area contributed by atoms with Crippen molar-refractivity contribution in [2.24, 2.45) is 0 Å². The van der Waals surface area contributed by atoms with Gasteiger partial charge in [-0.3, -0.25) is 0 Å². The van der Waals surface area contributed by atoms with Gasteiger partial charge in [-0.1, -0.05) is 8.41 Å². The fourth-order valence-corrected chi connectivity index (χ4v) is 0. The maximum atomic E-state index is 0. The second-order valence-corrected chi connectivity index (χ2v) is 0. The van der Waals surface area contributed by atoms with Crippen LogP contribution in [0.25, 0.3) is 0 Å². The average Bonchev–Trinajstić information content (AvgIpc) is 0. The fourth-order valence-electron chi connectivity index (χ4n) is 0. The molecule has 4 heteroatoms. The Bertz CT molecular complexity index is 8.00. The summed E-state index contributed by atoms with van der Waals surface area (Å²) in [6.45, 7) is 0. The van der Waals surface area contributed by atoms with E-state index in [1.807, 2.05) is 0 Å². The van der Waals surface area contributed by atoms with E-state index in [0.717, 1.165) is 0 Å². The van der Waals surface area contributed by atoms with E-state index in [4.69, 9.17) is 0 Å². The van der Waals surface area contributed by atoms with Crippen LogP contribution in [0.4, 0.5) is 0 Å². The third kappa shape index (κ3) is 9.10. The predicted octanol–water partition coefficient (Wildman–Crippen LogP) is -2.86. The van der Waals surface area contributed by atoms with Crippen molar-refractivity contribution in [1.29, 1.82) is 0 Å². The molecule has 24 valence electrons. The molecule has 0 aromatic rings. The van der Waals surface area contributed by atoms with E-state index in [1.165, 1.54) is 0 Å². The summed E-state index contributed by atoms with van der Waals surface area (Å²) >= 11 is 0. The summed E-state index contributed by atoms with van der Waals surface area (Å²) in [7, 11) is 0. The first kappa shape index (κ1) is 39.5. The third-order valence-corrected chi connectivity index (χ3v) is 0. The van der Waals surface area contributed by atoms with Gasteiger partial charge in [0.2, 0.25) is 0 Å². The minimum absolute atomic E-state index is 0. The quantitative estimate of drug-likeness (QED) is 0.291. The van der Waals surface area contributed by atoms with Gasteiger partial charge in [0.05, 0.1) is 0 Å². The molecule has 0 rings (SSSR count). The van der Waals surface area contributed by atoms with Gasteiger partial charge in [-0.05, 0) is 0 Å². The number of halogens is 1. The Morgan fingerprint density at radius 1 is 1.00 bits per heavy atom. The van der Waals surface area contributed by atoms with Crippen molar-refractivity contribution in [2.45, 2.75) is 0 Å². The molecule has 0 aliphatic rings. The predicted molar refractivity (Wildman–Crippen MR) is 35.7 cm³/mol. The van der Waals surface area contributed by atoms with E-state index in [9.17, 15) is 0 Å². The summed E-state index contributed by atoms with van der Waals surface area (Å²) < 4.78 is 0. The summed E-state index contributed by atoms with van der Waals surface area (Å²) in [5.74, 6) is 0. The van der Waals surface area contributed by atoms with Crippen molar-refractivity contribution in [3.05, 3.63) is 0 Å². The molecule has 0 fully saturated rings. The van der Waals surface area contributed by atoms with Gasteiger partial charge in [-0.2, -0.15) is 0 Å². The Morgan fingerprint density at radius 3 is 1.00 bits per heavy atom. The van der Waals surface area contributed by atoms with Crippen LogP contribution in [0.2, 0.25) is 0 Å². The van der Waals surface area contributed by atoms with E-state index < -0.39 is 0 Å². The zero-order valence-corrected chi connectivity index (χ0v) is 1.22. The third-order valence-electron chi connectivity index (χ3n) is 0. The molecule has 0 bridgehead atoms. The van der Waals surface area contributed by atoms with Gasteiger partial charge in [0.15, 0.2) is 17.4 Å². The summed E-state index contributed by atoms with van der Waals surface area (Å²) in [5.41, 5.74) is 0. The SMILES string of the molecule is Cl.[AlH3].[BH4-].[NaH]. The standard InChI is InChI=1S/Al.BH4.ClH.Na.4H/h;1H4;1H;;;;;/q;-1;;;;;;. The minimum atomic E-state index is 0.